The average Bonchev–Trinajstić information content (AvgIpc) is 2.71. The molecule has 1 heterocycles. The van der Waals surface area contributed by atoms with Gasteiger partial charge < -0.3 is 20.5 Å². The number of carbonyl (C=O) groups excluding carboxylic acids is 2. The molecule has 0 spiro atoms. The summed E-state index contributed by atoms with van der Waals surface area (Å²) in [5.74, 6) is -1.23. The minimum absolute atomic E-state index is 0.00403. The third-order valence-corrected chi connectivity index (χ3v) is 5.93. The van der Waals surface area contributed by atoms with E-state index in [0.29, 0.717) is 32.6 Å². The molecule has 4 N–H and O–H groups in total. The van der Waals surface area contributed by atoms with E-state index >= 15 is 0 Å². The van der Waals surface area contributed by atoms with E-state index in [2.05, 4.69) is 15.0 Å². The summed E-state index contributed by atoms with van der Waals surface area (Å²) in [4.78, 5) is 28.4. The summed E-state index contributed by atoms with van der Waals surface area (Å²) in [6.45, 7) is 7.22. The number of nitrogens with one attached hydrogen (secondary N) is 2. The van der Waals surface area contributed by atoms with Crippen LogP contribution in [0.3, 0.4) is 0 Å². The van der Waals surface area contributed by atoms with Crippen LogP contribution in [0.4, 0.5) is 0 Å². The van der Waals surface area contributed by atoms with Gasteiger partial charge in [0.1, 0.15) is 5.03 Å². The molecule has 0 saturated carbocycles. The average molecular weight is 445 g/mol. The van der Waals surface area contributed by atoms with Crippen molar-refractivity contribution in [2.45, 2.75) is 57.4 Å². The minimum atomic E-state index is -0.517. The molecule has 0 aliphatic carbocycles. The molecule has 8 nitrogen and oxygen atoms in total. The second-order valence-corrected chi connectivity index (χ2v) is 8.23. The first-order valence-electron chi connectivity index (χ1n) is 9.80. The van der Waals surface area contributed by atoms with Gasteiger partial charge in [-0.1, -0.05) is 13.0 Å². The van der Waals surface area contributed by atoms with Crippen molar-refractivity contribution in [3.05, 3.63) is 24.4 Å². The van der Waals surface area contributed by atoms with Crippen molar-refractivity contribution in [1.82, 2.24) is 15.0 Å². The van der Waals surface area contributed by atoms with Crippen LogP contribution >= 0.6 is 21.8 Å². The summed E-state index contributed by atoms with van der Waals surface area (Å²) in [6.07, 6.45) is 2.34. The minimum Gasteiger partial charge on any atom is -0.370 e. The van der Waals surface area contributed by atoms with E-state index < -0.39 is 18.1 Å². The summed E-state index contributed by atoms with van der Waals surface area (Å²) in [6, 6.07) is 5.41. The molecule has 0 fully saturated rings. The molecular formula is C19H32N4O4S2. The molecule has 0 bridgehead atoms. The Morgan fingerprint density at radius 1 is 1.21 bits per heavy atom. The molecule has 164 valence electrons. The lowest BCUT2D eigenvalue weighted by Gasteiger charge is -2.28. The second kappa shape index (κ2) is 15.5. The number of carbonyl (C=O) groups is 2. The van der Waals surface area contributed by atoms with Crippen LogP contribution in [-0.2, 0) is 19.1 Å². The van der Waals surface area contributed by atoms with Crippen molar-refractivity contribution in [1.29, 1.82) is 0 Å². The molecular weight excluding hydrogens is 412 g/mol. The summed E-state index contributed by atoms with van der Waals surface area (Å²) < 4.78 is 14.4. The van der Waals surface area contributed by atoms with Gasteiger partial charge in [0.25, 0.3) is 0 Å². The first-order chi connectivity index (χ1) is 14.0. The Hall–Kier alpha value is -1.33. The van der Waals surface area contributed by atoms with Gasteiger partial charge in [0.15, 0.2) is 6.29 Å². The SMILES string of the molecule is CCOC(OCC)C(CC)NC(=O)C(CCNSSc1ccccn1)CC(N)=O. The summed E-state index contributed by atoms with van der Waals surface area (Å²) >= 11 is 0. The van der Waals surface area contributed by atoms with Crippen LogP contribution in [0.5, 0.6) is 0 Å². The first kappa shape index (κ1) is 25.7. The number of amides is 2. The zero-order chi connectivity index (χ0) is 21.5. The molecule has 0 aliphatic rings. The lowest BCUT2D eigenvalue weighted by atomic mass is 9.99. The highest BCUT2D eigenvalue weighted by atomic mass is 33.1. The van der Waals surface area contributed by atoms with Crippen LogP contribution in [0, 0.1) is 5.92 Å². The second-order valence-electron chi connectivity index (χ2n) is 6.19. The fourth-order valence-corrected chi connectivity index (χ4v) is 4.15. The van der Waals surface area contributed by atoms with E-state index in [9.17, 15) is 9.59 Å². The van der Waals surface area contributed by atoms with E-state index in [1.165, 1.54) is 21.8 Å². The molecule has 1 aromatic heterocycles. The Kier molecular flexibility index (Phi) is 13.7. The number of pyridine rings is 1. The van der Waals surface area contributed by atoms with Gasteiger partial charge >= 0.3 is 0 Å². The van der Waals surface area contributed by atoms with Crippen LogP contribution < -0.4 is 15.8 Å². The summed E-state index contributed by atoms with van der Waals surface area (Å²) in [7, 11) is 2.92. The van der Waals surface area contributed by atoms with Crippen LogP contribution in [0.2, 0.25) is 0 Å². The molecule has 0 saturated heterocycles. The van der Waals surface area contributed by atoms with Crippen molar-refractivity contribution in [3.8, 4) is 0 Å². The molecule has 0 radical (unpaired) electrons. The van der Waals surface area contributed by atoms with Crippen LogP contribution in [-0.4, -0.2) is 48.9 Å². The van der Waals surface area contributed by atoms with E-state index in [4.69, 9.17) is 15.2 Å². The van der Waals surface area contributed by atoms with Crippen LogP contribution in [0.1, 0.15) is 40.0 Å². The van der Waals surface area contributed by atoms with Gasteiger partial charge in [-0.25, -0.2) is 4.98 Å². The molecule has 2 amide bonds. The normalized spacial score (nSPS) is 13.2. The number of nitrogens with zero attached hydrogens (tertiary/aromatic N) is 1. The number of aromatic nitrogens is 1. The van der Waals surface area contributed by atoms with Gasteiger partial charge in [0.05, 0.1) is 6.04 Å². The van der Waals surface area contributed by atoms with Crippen molar-refractivity contribution in [2.24, 2.45) is 11.7 Å². The van der Waals surface area contributed by atoms with Gasteiger partial charge in [-0.15, -0.1) is 0 Å². The Balaban J connectivity index is 2.53. The zero-order valence-corrected chi connectivity index (χ0v) is 18.9. The molecule has 10 heteroatoms. The maximum Gasteiger partial charge on any atom is 0.224 e. The predicted molar refractivity (Wildman–Crippen MR) is 117 cm³/mol. The quantitative estimate of drug-likeness (QED) is 0.154. The predicted octanol–water partition coefficient (Wildman–Crippen LogP) is 2.50. The fourth-order valence-electron chi connectivity index (χ4n) is 2.58. The largest absolute Gasteiger partial charge is 0.370 e. The van der Waals surface area contributed by atoms with Crippen molar-refractivity contribution in [2.75, 3.05) is 19.8 Å². The highest BCUT2D eigenvalue weighted by Gasteiger charge is 2.27. The van der Waals surface area contributed by atoms with Crippen molar-refractivity contribution >= 4 is 33.6 Å². The molecule has 29 heavy (non-hydrogen) atoms. The zero-order valence-electron chi connectivity index (χ0n) is 17.3. The third kappa shape index (κ3) is 10.9. The van der Waals surface area contributed by atoms with E-state index in [1.54, 1.807) is 6.20 Å². The fraction of sp³-hybridized carbons (Fsp3) is 0.632. The Morgan fingerprint density at radius 2 is 1.93 bits per heavy atom. The van der Waals surface area contributed by atoms with Gasteiger partial charge in [0, 0.05) is 38.3 Å². The van der Waals surface area contributed by atoms with E-state index in [0.717, 1.165) is 5.03 Å². The van der Waals surface area contributed by atoms with Crippen LogP contribution in [0.25, 0.3) is 0 Å². The number of hydrogen-bond donors (Lipinski definition) is 3. The number of hydrogen-bond acceptors (Lipinski definition) is 8. The number of ether oxygens (including phenoxy) is 2. The Labute approximate surface area is 181 Å². The highest BCUT2D eigenvalue weighted by Crippen LogP contribution is 2.26. The number of nitrogens with two attached hydrogens (primary N) is 1. The van der Waals surface area contributed by atoms with Gasteiger partial charge in [-0.2, -0.15) is 0 Å². The molecule has 1 rings (SSSR count). The Bertz CT molecular complexity index is 589. The monoisotopic (exact) mass is 444 g/mol. The topological polar surface area (TPSA) is 116 Å². The van der Waals surface area contributed by atoms with Crippen molar-refractivity contribution in [3.63, 3.8) is 0 Å². The molecule has 0 aromatic carbocycles. The Morgan fingerprint density at radius 3 is 2.48 bits per heavy atom. The van der Waals surface area contributed by atoms with E-state index in [1.807, 2.05) is 39.0 Å². The standard InChI is InChI=1S/C19H32N4O4S2/c1-4-15(19(26-5-2)27-6-3)23-18(25)14(13-16(20)24)10-12-22-29-28-17-9-7-8-11-21-17/h7-9,11,14-15,19,22H,4-6,10,12-13H2,1-3H3,(H2,20,24)(H,23,25). The van der Waals surface area contributed by atoms with E-state index in [-0.39, 0.29) is 18.4 Å². The number of rotatable bonds is 16. The van der Waals surface area contributed by atoms with Gasteiger partial charge in [-0.3, -0.25) is 14.3 Å². The third-order valence-electron chi connectivity index (χ3n) is 3.99. The lowest BCUT2D eigenvalue weighted by molar-refractivity contribution is -0.160. The maximum absolute atomic E-state index is 12.8. The maximum atomic E-state index is 12.8. The van der Waals surface area contributed by atoms with Crippen molar-refractivity contribution < 1.29 is 19.1 Å². The van der Waals surface area contributed by atoms with Crippen LogP contribution in [0.15, 0.2) is 29.4 Å². The lowest BCUT2D eigenvalue weighted by Crippen LogP contribution is -2.48. The van der Waals surface area contributed by atoms with Gasteiger partial charge in [0.2, 0.25) is 11.8 Å². The molecule has 0 aliphatic heterocycles. The first-order valence-corrected chi connectivity index (χ1v) is 12.0. The molecule has 2 atom stereocenters. The van der Waals surface area contributed by atoms with Gasteiger partial charge in [-0.05, 0) is 60.6 Å². The molecule has 1 aromatic rings. The number of primary amides is 1. The molecule has 2 unspecified atom stereocenters. The summed E-state index contributed by atoms with van der Waals surface area (Å²) in [5, 5.41) is 3.85. The highest BCUT2D eigenvalue weighted by molar-refractivity contribution is 8.76. The summed E-state index contributed by atoms with van der Waals surface area (Å²) in [5.41, 5.74) is 5.35. The smallest absolute Gasteiger partial charge is 0.224 e.